The van der Waals surface area contributed by atoms with Crippen molar-refractivity contribution in [2.24, 2.45) is 0 Å². The highest BCUT2D eigenvalue weighted by atomic mass is 32.1. The van der Waals surface area contributed by atoms with Gasteiger partial charge in [-0.05, 0) is 49.6 Å². The Bertz CT molecular complexity index is 1740. The Labute approximate surface area is 248 Å². The molecule has 218 valence electrons. The zero-order chi connectivity index (χ0) is 29.8. The minimum atomic E-state index is -0.340. The number of methoxy groups -OCH3 is 2. The Morgan fingerprint density at radius 1 is 1.02 bits per heavy atom. The molecule has 2 amide bonds. The van der Waals surface area contributed by atoms with E-state index < -0.39 is 0 Å². The standard InChI is InChI=1S/C30H33N7O4S/c1-35-13-15-36(16-14-35)29(39)20-9-7-19(8-10-20)22-5-4-6-23(33-22)28(38)32-11-12-37-27(31)21-17-25(40-2)26(41-3)18-24(21)34-30(37)42/h4-10,17-18,31H,11-16H2,1-3H3,(H,32,38)(H,34,42). The maximum atomic E-state index is 12.9. The molecule has 0 saturated carbocycles. The van der Waals surface area contributed by atoms with Crippen molar-refractivity contribution in [2.75, 3.05) is 54.0 Å². The predicted octanol–water partition coefficient (Wildman–Crippen LogP) is 3.08. The molecule has 3 N–H and O–H groups in total. The second-order valence-electron chi connectivity index (χ2n) is 10.0. The monoisotopic (exact) mass is 587 g/mol. The van der Waals surface area contributed by atoms with E-state index in [0.717, 1.165) is 18.7 Å². The fourth-order valence-corrected chi connectivity index (χ4v) is 5.18. The van der Waals surface area contributed by atoms with Gasteiger partial charge in [0.2, 0.25) is 0 Å². The summed E-state index contributed by atoms with van der Waals surface area (Å²) in [6.45, 7) is 3.69. The molecule has 1 fully saturated rings. The number of benzene rings is 2. The van der Waals surface area contributed by atoms with E-state index >= 15 is 0 Å². The number of aromatic nitrogens is 3. The van der Waals surface area contributed by atoms with Crippen LogP contribution < -0.4 is 20.3 Å². The van der Waals surface area contributed by atoms with E-state index in [-0.39, 0.29) is 36.1 Å². The molecular formula is C30H33N7O4S. The van der Waals surface area contributed by atoms with Crippen LogP contribution in [0.5, 0.6) is 11.5 Å². The summed E-state index contributed by atoms with van der Waals surface area (Å²) in [4.78, 5) is 37.6. The van der Waals surface area contributed by atoms with Crippen molar-refractivity contribution in [1.82, 2.24) is 29.7 Å². The molecule has 42 heavy (non-hydrogen) atoms. The van der Waals surface area contributed by atoms with Gasteiger partial charge in [0.25, 0.3) is 11.8 Å². The highest BCUT2D eigenvalue weighted by Gasteiger charge is 2.20. The first-order valence-corrected chi connectivity index (χ1v) is 14.0. The van der Waals surface area contributed by atoms with Gasteiger partial charge in [0.05, 0.1) is 25.4 Å². The summed E-state index contributed by atoms with van der Waals surface area (Å²) in [5, 5.41) is 12.2. The van der Waals surface area contributed by atoms with Crippen LogP contribution in [-0.2, 0) is 6.54 Å². The van der Waals surface area contributed by atoms with Gasteiger partial charge in [0.15, 0.2) is 16.3 Å². The summed E-state index contributed by atoms with van der Waals surface area (Å²) in [7, 11) is 5.14. The smallest absolute Gasteiger partial charge is 0.269 e. The van der Waals surface area contributed by atoms with Crippen LogP contribution in [0.4, 0.5) is 0 Å². The molecule has 0 unspecified atom stereocenters. The van der Waals surface area contributed by atoms with E-state index in [2.05, 4.69) is 27.2 Å². The van der Waals surface area contributed by atoms with Crippen molar-refractivity contribution in [3.05, 3.63) is 76.1 Å². The van der Waals surface area contributed by atoms with Gasteiger partial charge in [0, 0.05) is 61.8 Å². The van der Waals surface area contributed by atoms with Crippen molar-refractivity contribution in [1.29, 1.82) is 5.41 Å². The zero-order valence-corrected chi connectivity index (χ0v) is 24.6. The van der Waals surface area contributed by atoms with E-state index in [4.69, 9.17) is 27.1 Å². The van der Waals surface area contributed by atoms with Gasteiger partial charge in [-0.1, -0.05) is 18.2 Å². The van der Waals surface area contributed by atoms with Crippen molar-refractivity contribution >= 4 is 34.9 Å². The molecule has 5 rings (SSSR count). The van der Waals surface area contributed by atoms with Gasteiger partial charge in [-0.3, -0.25) is 15.0 Å². The summed E-state index contributed by atoms with van der Waals surface area (Å²) >= 11 is 5.48. The highest BCUT2D eigenvalue weighted by molar-refractivity contribution is 7.71. The van der Waals surface area contributed by atoms with Crippen LogP contribution in [0.2, 0.25) is 0 Å². The average molecular weight is 588 g/mol. The van der Waals surface area contributed by atoms with Crippen molar-refractivity contribution in [2.45, 2.75) is 6.54 Å². The summed E-state index contributed by atoms with van der Waals surface area (Å²) in [5.74, 6) is 0.721. The number of carbonyl (C=O) groups is 2. The normalized spacial score (nSPS) is 13.6. The molecule has 0 atom stereocenters. The third-order valence-corrected chi connectivity index (χ3v) is 7.68. The van der Waals surface area contributed by atoms with Crippen LogP contribution in [0, 0.1) is 10.2 Å². The van der Waals surface area contributed by atoms with Gasteiger partial charge in [-0.15, -0.1) is 0 Å². The Hall–Kier alpha value is -4.55. The molecule has 0 bridgehead atoms. The molecule has 3 heterocycles. The molecule has 1 saturated heterocycles. The minimum absolute atomic E-state index is 0.0227. The van der Waals surface area contributed by atoms with E-state index in [1.54, 1.807) is 48.1 Å². The average Bonchev–Trinajstić information content (AvgIpc) is 3.02. The molecule has 1 aliphatic heterocycles. The van der Waals surface area contributed by atoms with E-state index in [1.165, 1.54) is 7.11 Å². The Morgan fingerprint density at radius 3 is 2.40 bits per heavy atom. The number of H-pyrrole nitrogens is 1. The predicted molar refractivity (Wildman–Crippen MR) is 161 cm³/mol. The van der Waals surface area contributed by atoms with Crippen LogP contribution in [-0.4, -0.2) is 90.1 Å². The summed E-state index contributed by atoms with van der Waals surface area (Å²) in [5.41, 5.74) is 3.18. The van der Waals surface area contributed by atoms with Crippen LogP contribution in [0.3, 0.4) is 0 Å². The maximum Gasteiger partial charge on any atom is 0.269 e. The number of nitrogens with zero attached hydrogens (tertiary/aromatic N) is 4. The number of ether oxygens (including phenoxy) is 2. The van der Waals surface area contributed by atoms with Crippen molar-refractivity contribution < 1.29 is 19.1 Å². The fourth-order valence-electron chi connectivity index (χ4n) is 4.89. The number of carbonyl (C=O) groups excluding carboxylic acids is 2. The molecule has 2 aromatic carbocycles. The van der Waals surface area contributed by atoms with Gasteiger partial charge in [-0.25, -0.2) is 4.98 Å². The number of likely N-dealkylation sites (N-methyl/N-ethyl adjacent to an activating group) is 1. The number of rotatable bonds is 8. The van der Waals surface area contributed by atoms with Crippen molar-refractivity contribution in [3.63, 3.8) is 0 Å². The molecule has 4 aromatic rings. The topological polar surface area (TPSA) is 129 Å². The first-order valence-electron chi connectivity index (χ1n) is 13.6. The summed E-state index contributed by atoms with van der Waals surface area (Å²) in [6.07, 6.45) is 0. The first-order chi connectivity index (χ1) is 20.3. The largest absolute Gasteiger partial charge is 0.493 e. The molecule has 1 aliphatic rings. The SMILES string of the molecule is COc1cc2[nH]c(=S)n(CCNC(=O)c3cccc(-c4ccc(C(=O)N5CCN(C)CC5)cc4)n3)c(=N)c2cc1OC. The van der Waals surface area contributed by atoms with Crippen LogP contribution >= 0.6 is 12.2 Å². The number of hydrogen-bond donors (Lipinski definition) is 3. The number of piperazine rings is 1. The Balaban J connectivity index is 1.25. The molecule has 0 spiro atoms. The number of hydrogen-bond acceptors (Lipinski definition) is 8. The highest BCUT2D eigenvalue weighted by Crippen LogP contribution is 2.30. The van der Waals surface area contributed by atoms with Crippen LogP contribution in [0.15, 0.2) is 54.6 Å². The Morgan fingerprint density at radius 2 is 1.71 bits per heavy atom. The first kappa shape index (κ1) is 29.0. The van der Waals surface area contributed by atoms with Crippen LogP contribution in [0.25, 0.3) is 22.2 Å². The number of fused-ring (bicyclic) bond motifs is 1. The van der Waals surface area contributed by atoms with Crippen molar-refractivity contribution in [3.8, 4) is 22.8 Å². The van der Waals surface area contributed by atoms with Gasteiger partial charge in [-0.2, -0.15) is 0 Å². The van der Waals surface area contributed by atoms with Gasteiger partial charge < -0.3 is 34.1 Å². The lowest BCUT2D eigenvalue weighted by Gasteiger charge is -2.32. The molecule has 11 nitrogen and oxygen atoms in total. The second kappa shape index (κ2) is 12.5. The van der Waals surface area contributed by atoms with E-state index in [1.807, 2.05) is 23.1 Å². The van der Waals surface area contributed by atoms with E-state index in [0.29, 0.717) is 51.5 Å². The van der Waals surface area contributed by atoms with Gasteiger partial charge >= 0.3 is 0 Å². The third-order valence-electron chi connectivity index (χ3n) is 7.36. The third kappa shape index (κ3) is 6.04. The quantitative estimate of drug-likeness (QED) is 0.270. The lowest BCUT2D eigenvalue weighted by atomic mass is 10.1. The maximum absolute atomic E-state index is 12.9. The molecule has 0 aliphatic carbocycles. The molecule has 12 heteroatoms. The molecule has 2 aromatic heterocycles. The second-order valence-corrected chi connectivity index (χ2v) is 10.4. The lowest BCUT2D eigenvalue weighted by molar-refractivity contribution is 0.0664. The zero-order valence-electron chi connectivity index (χ0n) is 23.8. The molecular weight excluding hydrogens is 554 g/mol. The number of nitrogens with one attached hydrogen (secondary N) is 3. The van der Waals surface area contributed by atoms with E-state index in [9.17, 15) is 9.59 Å². The number of amides is 2. The Kier molecular flexibility index (Phi) is 8.64. The van der Waals surface area contributed by atoms with Gasteiger partial charge in [0.1, 0.15) is 11.2 Å². The van der Waals surface area contributed by atoms with Crippen LogP contribution in [0.1, 0.15) is 20.8 Å². The number of aromatic amines is 1. The summed E-state index contributed by atoms with van der Waals surface area (Å²) in [6, 6.07) is 16.0. The number of pyridine rings is 1. The molecule has 0 radical (unpaired) electrons. The summed E-state index contributed by atoms with van der Waals surface area (Å²) < 4.78 is 12.7. The fraction of sp³-hybridized carbons (Fsp3) is 0.300. The lowest BCUT2D eigenvalue weighted by Crippen LogP contribution is -2.47. The minimum Gasteiger partial charge on any atom is -0.493 e.